The molecule has 0 atom stereocenters. The van der Waals surface area contributed by atoms with Crippen molar-refractivity contribution in [1.82, 2.24) is 10.3 Å². The molecular formula is C10H12N2O2. The number of pyridine rings is 1. The molecule has 0 radical (unpaired) electrons. The van der Waals surface area contributed by atoms with E-state index in [-0.39, 0.29) is 0 Å². The third kappa shape index (κ3) is 1.37. The normalized spacial score (nSPS) is 14.6. The van der Waals surface area contributed by atoms with Crippen molar-refractivity contribution < 1.29 is 9.53 Å². The van der Waals surface area contributed by atoms with Gasteiger partial charge in [-0.05, 0) is 13.0 Å². The highest BCUT2D eigenvalue weighted by Gasteiger charge is 2.17. The number of fused-ring (bicyclic) bond motifs is 1. The second-order valence-electron chi connectivity index (χ2n) is 3.22. The van der Waals surface area contributed by atoms with Crippen LogP contribution in [0.3, 0.4) is 0 Å². The zero-order chi connectivity index (χ0) is 9.97. The van der Waals surface area contributed by atoms with Crippen LogP contribution in [-0.4, -0.2) is 24.9 Å². The molecule has 1 aromatic rings. The monoisotopic (exact) mass is 192 g/mol. The molecule has 2 rings (SSSR count). The van der Waals surface area contributed by atoms with Gasteiger partial charge in [-0.25, -0.2) is 0 Å². The van der Waals surface area contributed by atoms with Crippen LogP contribution in [0, 0.1) is 0 Å². The van der Waals surface area contributed by atoms with E-state index in [1.807, 2.05) is 0 Å². The Bertz CT molecular complexity index is 363. The fraction of sp³-hybridized carbons (Fsp3) is 0.400. The highest BCUT2D eigenvalue weighted by atomic mass is 16.5. The van der Waals surface area contributed by atoms with Crippen molar-refractivity contribution in [2.45, 2.75) is 13.0 Å². The second-order valence-corrected chi connectivity index (χ2v) is 3.22. The van der Waals surface area contributed by atoms with Crippen LogP contribution in [0.5, 0.6) is 5.75 Å². The van der Waals surface area contributed by atoms with Gasteiger partial charge in [0.15, 0.2) is 6.29 Å². The zero-order valence-corrected chi connectivity index (χ0v) is 8.04. The van der Waals surface area contributed by atoms with Gasteiger partial charge in [0, 0.05) is 18.3 Å². The lowest BCUT2D eigenvalue weighted by molar-refractivity contribution is 0.112. The lowest BCUT2D eigenvalue weighted by Gasteiger charge is -2.19. The maximum absolute atomic E-state index is 10.7. The fourth-order valence-electron chi connectivity index (χ4n) is 1.74. The predicted molar refractivity (Wildman–Crippen MR) is 51.6 cm³/mol. The van der Waals surface area contributed by atoms with E-state index in [2.05, 4.69) is 10.3 Å². The van der Waals surface area contributed by atoms with Crippen LogP contribution in [0.2, 0.25) is 0 Å². The first-order valence-corrected chi connectivity index (χ1v) is 4.57. The summed E-state index contributed by atoms with van der Waals surface area (Å²) in [4.78, 5) is 15.0. The van der Waals surface area contributed by atoms with Gasteiger partial charge in [0.05, 0.1) is 18.4 Å². The number of hydrogen-bond donors (Lipinski definition) is 1. The van der Waals surface area contributed by atoms with Crippen LogP contribution in [0.15, 0.2) is 6.20 Å². The van der Waals surface area contributed by atoms with Crippen molar-refractivity contribution >= 4 is 6.29 Å². The molecule has 1 aromatic heterocycles. The summed E-state index contributed by atoms with van der Waals surface area (Å²) in [6.07, 6.45) is 3.22. The summed E-state index contributed by atoms with van der Waals surface area (Å²) >= 11 is 0. The van der Waals surface area contributed by atoms with Crippen molar-refractivity contribution in [2.75, 3.05) is 13.7 Å². The van der Waals surface area contributed by atoms with E-state index in [9.17, 15) is 4.79 Å². The Hall–Kier alpha value is -1.42. The van der Waals surface area contributed by atoms with Gasteiger partial charge in [0.2, 0.25) is 0 Å². The molecule has 0 saturated carbocycles. The largest absolute Gasteiger partial charge is 0.496 e. The maximum Gasteiger partial charge on any atom is 0.155 e. The number of carbonyl (C=O) groups is 1. The third-order valence-electron chi connectivity index (χ3n) is 2.42. The van der Waals surface area contributed by atoms with Crippen molar-refractivity contribution in [1.29, 1.82) is 0 Å². The zero-order valence-electron chi connectivity index (χ0n) is 8.04. The first-order valence-electron chi connectivity index (χ1n) is 4.57. The smallest absolute Gasteiger partial charge is 0.155 e. The molecule has 0 amide bonds. The lowest BCUT2D eigenvalue weighted by atomic mass is 10.0. The Labute approximate surface area is 82.3 Å². The minimum absolute atomic E-state index is 0.535. The van der Waals surface area contributed by atoms with Gasteiger partial charge in [-0.3, -0.25) is 9.78 Å². The van der Waals surface area contributed by atoms with Crippen LogP contribution in [0.1, 0.15) is 21.6 Å². The highest BCUT2D eigenvalue weighted by molar-refractivity contribution is 5.79. The molecule has 0 aromatic carbocycles. The van der Waals surface area contributed by atoms with Crippen molar-refractivity contribution in [2.24, 2.45) is 0 Å². The minimum Gasteiger partial charge on any atom is -0.496 e. The van der Waals surface area contributed by atoms with Crippen molar-refractivity contribution in [3.63, 3.8) is 0 Å². The second kappa shape index (κ2) is 3.75. The number of rotatable bonds is 2. The number of nitrogens with zero attached hydrogens (tertiary/aromatic N) is 1. The molecule has 0 saturated heterocycles. The Morgan fingerprint density at radius 1 is 1.64 bits per heavy atom. The Balaban J connectivity index is 2.55. The molecule has 14 heavy (non-hydrogen) atoms. The van der Waals surface area contributed by atoms with Crippen LogP contribution in [0.4, 0.5) is 0 Å². The number of ether oxygens (including phenoxy) is 1. The Morgan fingerprint density at radius 2 is 2.50 bits per heavy atom. The molecular weight excluding hydrogens is 180 g/mol. The van der Waals surface area contributed by atoms with E-state index in [1.54, 1.807) is 13.3 Å². The van der Waals surface area contributed by atoms with Crippen molar-refractivity contribution in [3.05, 3.63) is 23.0 Å². The molecule has 0 bridgehead atoms. The van der Waals surface area contributed by atoms with Crippen LogP contribution in [0.25, 0.3) is 0 Å². The van der Waals surface area contributed by atoms with E-state index >= 15 is 0 Å². The van der Waals surface area contributed by atoms with Crippen molar-refractivity contribution in [3.8, 4) is 5.75 Å². The molecule has 4 heteroatoms. The third-order valence-corrected chi connectivity index (χ3v) is 2.42. The summed E-state index contributed by atoms with van der Waals surface area (Å²) in [7, 11) is 1.59. The number of nitrogens with one attached hydrogen (secondary N) is 1. The van der Waals surface area contributed by atoms with Gasteiger partial charge in [-0.1, -0.05) is 0 Å². The van der Waals surface area contributed by atoms with Gasteiger partial charge < -0.3 is 10.1 Å². The molecule has 1 aliphatic heterocycles. The summed E-state index contributed by atoms with van der Waals surface area (Å²) in [5, 5.41) is 3.22. The summed E-state index contributed by atoms with van der Waals surface area (Å²) in [6, 6.07) is 0. The first kappa shape index (κ1) is 9.15. The Kier molecular flexibility index (Phi) is 2.45. The van der Waals surface area contributed by atoms with Crippen LogP contribution < -0.4 is 10.1 Å². The van der Waals surface area contributed by atoms with Gasteiger partial charge >= 0.3 is 0 Å². The van der Waals surface area contributed by atoms with Crippen LogP contribution in [-0.2, 0) is 13.0 Å². The van der Waals surface area contributed by atoms with Gasteiger partial charge in [0.25, 0.3) is 0 Å². The summed E-state index contributed by atoms with van der Waals surface area (Å²) < 4.78 is 5.24. The average molecular weight is 192 g/mol. The van der Waals surface area contributed by atoms with E-state index < -0.39 is 0 Å². The predicted octanol–water partition coefficient (Wildman–Crippen LogP) is 0.548. The van der Waals surface area contributed by atoms with E-state index in [4.69, 9.17) is 4.74 Å². The molecule has 0 aliphatic carbocycles. The summed E-state index contributed by atoms with van der Waals surface area (Å²) in [5.74, 6) is 0.687. The van der Waals surface area contributed by atoms with Gasteiger partial charge in [-0.15, -0.1) is 0 Å². The molecule has 1 aliphatic rings. The fourth-order valence-corrected chi connectivity index (χ4v) is 1.74. The molecule has 4 nitrogen and oxygen atoms in total. The topological polar surface area (TPSA) is 51.2 Å². The molecule has 0 fully saturated rings. The molecule has 2 heterocycles. The lowest BCUT2D eigenvalue weighted by Crippen LogP contribution is -2.25. The summed E-state index contributed by atoms with van der Waals surface area (Å²) in [5.41, 5.74) is 2.59. The number of hydrogen-bond acceptors (Lipinski definition) is 4. The maximum atomic E-state index is 10.7. The average Bonchev–Trinajstić information content (AvgIpc) is 2.27. The Morgan fingerprint density at radius 3 is 3.21 bits per heavy atom. The molecule has 0 unspecified atom stereocenters. The van der Waals surface area contributed by atoms with Gasteiger partial charge in [0.1, 0.15) is 5.75 Å². The standard InChI is InChI=1S/C10H12N2O2/c1-14-10-7(6-13)4-12-9-5-11-3-2-8(9)10/h4,6,11H,2-3,5H2,1H3. The minimum atomic E-state index is 0.535. The summed E-state index contributed by atoms with van der Waals surface area (Å²) in [6.45, 7) is 1.66. The SMILES string of the molecule is COc1c(C=O)cnc2c1CCNC2. The molecule has 74 valence electrons. The van der Waals surface area contributed by atoms with Gasteiger partial charge in [-0.2, -0.15) is 0 Å². The number of methoxy groups -OCH3 is 1. The quantitative estimate of drug-likeness (QED) is 0.695. The number of aldehydes is 1. The molecule has 0 spiro atoms. The number of aromatic nitrogens is 1. The van der Waals surface area contributed by atoms with E-state index in [0.717, 1.165) is 37.1 Å². The molecule has 1 N–H and O–H groups in total. The first-order chi connectivity index (χ1) is 6.86. The van der Waals surface area contributed by atoms with E-state index in [0.29, 0.717) is 11.3 Å². The number of carbonyl (C=O) groups excluding carboxylic acids is 1. The van der Waals surface area contributed by atoms with E-state index in [1.165, 1.54) is 0 Å². The highest BCUT2D eigenvalue weighted by Crippen LogP contribution is 2.26. The van der Waals surface area contributed by atoms with Crippen LogP contribution >= 0.6 is 0 Å².